The molecular weight excluding hydrogens is 242 g/mol. The normalized spacial score (nSPS) is 10.6. The van der Waals surface area contributed by atoms with Crippen molar-refractivity contribution in [1.29, 1.82) is 0 Å². The largest absolute Gasteiger partial charge is 0.457 e. The number of ether oxygens (including phenoxy) is 1. The maximum absolute atomic E-state index is 12.0. The summed E-state index contributed by atoms with van der Waals surface area (Å²) in [5, 5.41) is 0.858. The van der Waals surface area contributed by atoms with Crippen LogP contribution in [0.25, 0.3) is 10.9 Å². The number of rotatable bonds is 6. The molecule has 2 aromatic rings. The molecule has 1 aromatic carbocycles. The minimum absolute atomic E-state index is 0.178. The molecule has 19 heavy (non-hydrogen) atoms. The number of benzene rings is 1. The zero-order valence-corrected chi connectivity index (χ0v) is 10.9. The fourth-order valence-corrected chi connectivity index (χ4v) is 1.92. The molecule has 0 fully saturated rings. The average molecular weight is 259 g/mol. The van der Waals surface area contributed by atoms with Crippen molar-refractivity contribution in [1.82, 2.24) is 4.98 Å². The van der Waals surface area contributed by atoms with Gasteiger partial charge in [-0.05, 0) is 12.5 Å². The second-order valence-corrected chi connectivity index (χ2v) is 4.44. The van der Waals surface area contributed by atoms with Crippen molar-refractivity contribution in [3.63, 3.8) is 0 Å². The Morgan fingerprint density at radius 1 is 1.26 bits per heavy atom. The zero-order valence-electron chi connectivity index (χ0n) is 10.9. The second kappa shape index (κ2) is 6.18. The van der Waals surface area contributed by atoms with Gasteiger partial charge in [-0.2, -0.15) is 0 Å². The van der Waals surface area contributed by atoms with Gasteiger partial charge in [0.05, 0.1) is 0 Å². The number of esters is 1. The van der Waals surface area contributed by atoms with Gasteiger partial charge in [0.1, 0.15) is 0 Å². The minimum atomic E-state index is -0.310. The summed E-state index contributed by atoms with van der Waals surface area (Å²) in [5.74, 6) is -0.489. The first kappa shape index (κ1) is 13.3. The average Bonchev–Trinajstić information content (AvgIpc) is 2.86. The molecule has 1 N–H and O–H groups in total. The first-order valence-corrected chi connectivity index (χ1v) is 6.47. The molecule has 0 radical (unpaired) electrons. The van der Waals surface area contributed by atoms with Gasteiger partial charge in [-0.25, -0.2) is 0 Å². The first-order chi connectivity index (χ1) is 9.22. The number of aromatic nitrogens is 1. The first-order valence-electron chi connectivity index (χ1n) is 6.47. The van der Waals surface area contributed by atoms with Crippen molar-refractivity contribution in [3.05, 3.63) is 36.0 Å². The van der Waals surface area contributed by atoms with E-state index in [1.807, 2.05) is 31.2 Å². The van der Waals surface area contributed by atoms with Crippen molar-refractivity contribution in [2.24, 2.45) is 0 Å². The third kappa shape index (κ3) is 3.22. The molecule has 4 heteroatoms. The summed E-state index contributed by atoms with van der Waals surface area (Å²) in [6, 6.07) is 7.55. The lowest BCUT2D eigenvalue weighted by Gasteiger charge is -2.03. The SMILES string of the molecule is CCCCC(=O)OCC(=O)c1c[nH]c2ccccc12. The molecule has 0 bridgehead atoms. The van der Waals surface area contributed by atoms with Gasteiger partial charge < -0.3 is 9.72 Å². The topological polar surface area (TPSA) is 59.2 Å². The van der Waals surface area contributed by atoms with Crippen molar-refractivity contribution in [3.8, 4) is 0 Å². The number of hydrogen-bond donors (Lipinski definition) is 1. The summed E-state index contributed by atoms with van der Waals surface area (Å²) in [6.45, 7) is 1.81. The minimum Gasteiger partial charge on any atom is -0.457 e. The maximum atomic E-state index is 12.0. The highest BCUT2D eigenvalue weighted by atomic mass is 16.5. The van der Waals surface area contributed by atoms with Crippen LogP contribution in [0.3, 0.4) is 0 Å². The lowest BCUT2D eigenvalue weighted by molar-refractivity contribution is -0.142. The van der Waals surface area contributed by atoms with Crippen LogP contribution in [0, 0.1) is 0 Å². The van der Waals surface area contributed by atoms with Gasteiger partial charge in [-0.1, -0.05) is 31.5 Å². The molecular formula is C15H17NO3. The number of fused-ring (bicyclic) bond motifs is 1. The second-order valence-electron chi connectivity index (χ2n) is 4.44. The standard InChI is InChI=1S/C15H17NO3/c1-2-3-8-15(18)19-10-14(17)12-9-16-13-7-5-4-6-11(12)13/h4-7,9,16H,2-3,8,10H2,1H3. The van der Waals surface area contributed by atoms with Crippen molar-refractivity contribution >= 4 is 22.7 Å². The molecule has 1 heterocycles. The molecule has 0 aliphatic rings. The molecule has 0 aliphatic heterocycles. The highest BCUT2D eigenvalue weighted by Crippen LogP contribution is 2.18. The lowest BCUT2D eigenvalue weighted by Crippen LogP contribution is -2.13. The highest BCUT2D eigenvalue weighted by Gasteiger charge is 2.13. The number of ketones is 1. The molecule has 0 amide bonds. The van der Waals surface area contributed by atoms with Gasteiger partial charge in [0, 0.05) is 29.1 Å². The van der Waals surface area contributed by atoms with E-state index in [-0.39, 0.29) is 18.4 Å². The van der Waals surface area contributed by atoms with E-state index in [4.69, 9.17) is 4.74 Å². The van der Waals surface area contributed by atoms with Gasteiger partial charge in [0.25, 0.3) is 0 Å². The van der Waals surface area contributed by atoms with Crippen LogP contribution >= 0.6 is 0 Å². The summed E-state index contributed by atoms with van der Waals surface area (Å²) < 4.78 is 4.98. The van der Waals surface area contributed by atoms with Crippen LogP contribution in [0.1, 0.15) is 36.5 Å². The van der Waals surface area contributed by atoms with Gasteiger partial charge in [0.2, 0.25) is 5.78 Å². The predicted octanol–water partition coefficient (Wildman–Crippen LogP) is 3.08. The van der Waals surface area contributed by atoms with Crippen molar-refractivity contribution < 1.29 is 14.3 Å². The third-order valence-electron chi connectivity index (χ3n) is 2.99. The van der Waals surface area contributed by atoms with E-state index in [1.54, 1.807) is 6.20 Å². The summed E-state index contributed by atoms with van der Waals surface area (Å²) in [5.41, 5.74) is 1.47. The number of Topliss-reactive ketones (excluding diaryl/α,β-unsaturated/α-hetero) is 1. The fourth-order valence-electron chi connectivity index (χ4n) is 1.92. The molecule has 0 atom stereocenters. The summed E-state index contributed by atoms with van der Waals surface area (Å²) >= 11 is 0. The van der Waals surface area contributed by atoms with Gasteiger partial charge in [0.15, 0.2) is 6.61 Å². The molecule has 0 aliphatic carbocycles. The molecule has 4 nitrogen and oxygen atoms in total. The van der Waals surface area contributed by atoms with Crippen LogP contribution in [0.5, 0.6) is 0 Å². The van der Waals surface area contributed by atoms with Gasteiger partial charge in [-0.3, -0.25) is 9.59 Å². The van der Waals surface area contributed by atoms with E-state index in [0.29, 0.717) is 12.0 Å². The molecule has 2 rings (SSSR count). The van der Waals surface area contributed by atoms with Crippen LogP contribution < -0.4 is 0 Å². The summed E-state index contributed by atoms with van der Waals surface area (Å²) in [6.07, 6.45) is 3.76. The van der Waals surface area contributed by atoms with Crippen LogP contribution in [0.15, 0.2) is 30.5 Å². The Bertz CT molecular complexity index is 586. The van der Waals surface area contributed by atoms with Crippen molar-refractivity contribution in [2.75, 3.05) is 6.61 Å². The van der Waals surface area contributed by atoms with E-state index in [2.05, 4.69) is 4.98 Å². The van der Waals surface area contributed by atoms with Gasteiger partial charge >= 0.3 is 5.97 Å². The number of carbonyl (C=O) groups is 2. The Morgan fingerprint density at radius 2 is 2.05 bits per heavy atom. The van der Waals surface area contributed by atoms with E-state index >= 15 is 0 Å². The molecule has 0 spiro atoms. The number of hydrogen-bond acceptors (Lipinski definition) is 3. The van der Waals surface area contributed by atoms with Crippen LogP contribution in [-0.4, -0.2) is 23.3 Å². The number of H-pyrrole nitrogens is 1. The molecule has 0 saturated carbocycles. The molecule has 100 valence electrons. The van der Waals surface area contributed by atoms with E-state index < -0.39 is 0 Å². The Balaban J connectivity index is 1.98. The fraction of sp³-hybridized carbons (Fsp3) is 0.333. The quantitative estimate of drug-likeness (QED) is 0.640. The smallest absolute Gasteiger partial charge is 0.306 e. The van der Waals surface area contributed by atoms with Crippen LogP contribution in [0.4, 0.5) is 0 Å². The number of para-hydroxylation sites is 1. The number of carbonyl (C=O) groups excluding carboxylic acids is 2. The van der Waals surface area contributed by atoms with Crippen LogP contribution in [0.2, 0.25) is 0 Å². The monoisotopic (exact) mass is 259 g/mol. The third-order valence-corrected chi connectivity index (χ3v) is 2.99. The highest BCUT2D eigenvalue weighted by molar-refractivity contribution is 6.08. The Morgan fingerprint density at radius 3 is 2.84 bits per heavy atom. The van der Waals surface area contributed by atoms with Crippen molar-refractivity contribution in [2.45, 2.75) is 26.2 Å². The molecule has 1 aromatic heterocycles. The predicted molar refractivity (Wildman–Crippen MR) is 73.1 cm³/mol. The Kier molecular flexibility index (Phi) is 4.34. The van der Waals surface area contributed by atoms with E-state index in [1.165, 1.54) is 0 Å². The van der Waals surface area contributed by atoms with Crippen LogP contribution in [-0.2, 0) is 9.53 Å². The summed E-state index contributed by atoms with van der Waals surface area (Å²) in [4.78, 5) is 26.4. The van der Waals surface area contributed by atoms with E-state index in [9.17, 15) is 9.59 Å². The molecule has 0 saturated heterocycles. The summed E-state index contributed by atoms with van der Waals surface area (Å²) in [7, 11) is 0. The van der Waals surface area contributed by atoms with E-state index in [0.717, 1.165) is 23.7 Å². The lowest BCUT2D eigenvalue weighted by atomic mass is 10.1. The molecule has 0 unspecified atom stereocenters. The zero-order chi connectivity index (χ0) is 13.7. The number of nitrogens with one attached hydrogen (secondary N) is 1. The van der Waals surface area contributed by atoms with Gasteiger partial charge in [-0.15, -0.1) is 0 Å². The number of unbranched alkanes of at least 4 members (excludes halogenated alkanes) is 1. The Labute approximate surface area is 111 Å². The number of aromatic amines is 1. The Hall–Kier alpha value is -2.10. The maximum Gasteiger partial charge on any atom is 0.306 e.